The summed E-state index contributed by atoms with van der Waals surface area (Å²) in [6, 6.07) is 8.45. The van der Waals surface area contributed by atoms with Gasteiger partial charge in [0.05, 0.1) is 6.04 Å². The van der Waals surface area contributed by atoms with Crippen molar-refractivity contribution in [2.45, 2.75) is 26.3 Å². The van der Waals surface area contributed by atoms with Gasteiger partial charge in [0.15, 0.2) is 0 Å². The first-order valence-corrected chi connectivity index (χ1v) is 6.56. The maximum absolute atomic E-state index is 11.7. The molecule has 1 unspecified atom stereocenters. The highest BCUT2D eigenvalue weighted by atomic mass is 79.9. The molecule has 88 valence electrons. The van der Waals surface area contributed by atoms with Crippen molar-refractivity contribution in [3.63, 3.8) is 0 Å². The molecule has 0 heterocycles. The Morgan fingerprint density at radius 1 is 1.38 bits per heavy atom. The normalized spacial score (nSPS) is 12.2. The number of hydrogen-bond acceptors (Lipinski definition) is 1. The van der Waals surface area contributed by atoms with Crippen LogP contribution in [0.25, 0.3) is 0 Å². The summed E-state index contributed by atoms with van der Waals surface area (Å²) >= 11 is 3.29. The number of benzene rings is 1. The van der Waals surface area contributed by atoms with Crippen LogP contribution in [-0.2, 0) is 4.79 Å². The van der Waals surface area contributed by atoms with Gasteiger partial charge in [-0.15, -0.1) is 0 Å². The van der Waals surface area contributed by atoms with Crippen molar-refractivity contribution in [3.8, 4) is 0 Å². The average Bonchev–Trinajstić information content (AvgIpc) is 2.28. The van der Waals surface area contributed by atoms with Crippen LogP contribution in [0.15, 0.2) is 24.3 Å². The Morgan fingerprint density at radius 3 is 2.44 bits per heavy atom. The maximum Gasteiger partial charge on any atom is 0.223 e. The molecule has 0 radical (unpaired) electrons. The summed E-state index contributed by atoms with van der Waals surface area (Å²) in [5, 5.41) is 0.719. The van der Waals surface area contributed by atoms with Crippen LogP contribution in [0.1, 0.15) is 30.5 Å². The SMILES string of the molecule is Cc1ccc(C(C)N(C)C(=O)CCBr)cc1. The fraction of sp³-hybridized carbons (Fsp3) is 0.462. The quantitative estimate of drug-likeness (QED) is 0.777. The van der Waals surface area contributed by atoms with Gasteiger partial charge in [-0.1, -0.05) is 45.8 Å². The molecule has 1 amide bonds. The lowest BCUT2D eigenvalue weighted by Crippen LogP contribution is -2.29. The third-order valence-electron chi connectivity index (χ3n) is 2.84. The van der Waals surface area contributed by atoms with Gasteiger partial charge in [-0.25, -0.2) is 0 Å². The van der Waals surface area contributed by atoms with Crippen molar-refractivity contribution in [2.75, 3.05) is 12.4 Å². The Kier molecular flexibility index (Phi) is 5.00. The number of aryl methyl sites for hydroxylation is 1. The molecule has 1 rings (SSSR count). The van der Waals surface area contributed by atoms with Crippen LogP contribution in [0, 0.1) is 6.92 Å². The van der Waals surface area contributed by atoms with E-state index in [0.717, 1.165) is 5.33 Å². The van der Waals surface area contributed by atoms with Crippen molar-refractivity contribution >= 4 is 21.8 Å². The topological polar surface area (TPSA) is 20.3 Å². The van der Waals surface area contributed by atoms with Crippen molar-refractivity contribution in [1.82, 2.24) is 4.90 Å². The predicted octanol–water partition coefficient (Wildman–Crippen LogP) is 3.30. The van der Waals surface area contributed by atoms with Gasteiger partial charge in [0.25, 0.3) is 0 Å². The molecule has 3 heteroatoms. The fourth-order valence-corrected chi connectivity index (χ4v) is 1.88. The van der Waals surface area contributed by atoms with E-state index >= 15 is 0 Å². The molecule has 0 spiro atoms. The van der Waals surface area contributed by atoms with Gasteiger partial charge < -0.3 is 4.90 Å². The molecule has 0 fully saturated rings. The second kappa shape index (κ2) is 6.04. The van der Waals surface area contributed by atoms with E-state index in [4.69, 9.17) is 0 Å². The zero-order valence-corrected chi connectivity index (χ0v) is 11.6. The minimum Gasteiger partial charge on any atom is -0.339 e. The Balaban J connectivity index is 2.73. The molecule has 0 aliphatic heterocycles. The molecule has 0 bridgehead atoms. The molecule has 1 aromatic carbocycles. The van der Waals surface area contributed by atoms with E-state index in [-0.39, 0.29) is 11.9 Å². The van der Waals surface area contributed by atoms with E-state index in [0.29, 0.717) is 6.42 Å². The van der Waals surface area contributed by atoms with Crippen molar-refractivity contribution in [2.24, 2.45) is 0 Å². The Labute approximate surface area is 106 Å². The molecule has 0 saturated heterocycles. The second-order valence-electron chi connectivity index (χ2n) is 4.03. The van der Waals surface area contributed by atoms with E-state index < -0.39 is 0 Å². The molecule has 0 saturated carbocycles. The van der Waals surface area contributed by atoms with Gasteiger partial charge in [-0.05, 0) is 19.4 Å². The van der Waals surface area contributed by atoms with E-state index in [1.165, 1.54) is 11.1 Å². The zero-order chi connectivity index (χ0) is 12.1. The first-order chi connectivity index (χ1) is 7.56. The summed E-state index contributed by atoms with van der Waals surface area (Å²) in [6.07, 6.45) is 0.548. The van der Waals surface area contributed by atoms with E-state index in [1.54, 1.807) is 4.90 Å². The summed E-state index contributed by atoms with van der Waals surface area (Å²) < 4.78 is 0. The van der Waals surface area contributed by atoms with Crippen LogP contribution in [0.4, 0.5) is 0 Å². The fourth-order valence-electron chi connectivity index (χ4n) is 1.54. The molecule has 0 aliphatic carbocycles. The number of nitrogens with zero attached hydrogens (tertiary/aromatic N) is 1. The number of carbonyl (C=O) groups excluding carboxylic acids is 1. The van der Waals surface area contributed by atoms with Gasteiger partial charge >= 0.3 is 0 Å². The molecule has 1 atom stereocenters. The molecular weight excluding hydrogens is 266 g/mol. The second-order valence-corrected chi connectivity index (χ2v) is 4.82. The van der Waals surface area contributed by atoms with E-state index in [1.807, 2.05) is 7.05 Å². The molecule has 0 aliphatic rings. The smallest absolute Gasteiger partial charge is 0.223 e. The third kappa shape index (κ3) is 3.34. The zero-order valence-electron chi connectivity index (χ0n) is 10.0. The van der Waals surface area contributed by atoms with Crippen LogP contribution in [0.2, 0.25) is 0 Å². The Morgan fingerprint density at radius 2 is 1.94 bits per heavy atom. The lowest BCUT2D eigenvalue weighted by atomic mass is 10.1. The molecule has 2 nitrogen and oxygen atoms in total. The molecule has 0 aromatic heterocycles. The lowest BCUT2D eigenvalue weighted by molar-refractivity contribution is -0.131. The number of carbonyl (C=O) groups is 1. The predicted molar refractivity (Wildman–Crippen MR) is 70.8 cm³/mol. The van der Waals surface area contributed by atoms with Gasteiger partial charge in [-0.3, -0.25) is 4.79 Å². The summed E-state index contributed by atoms with van der Waals surface area (Å²) in [7, 11) is 1.86. The number of hydrogen-bond donors (Lipinski definition) is 0. The van der Waals surface area contributed by atoms with Crippen LogP contribution in [0.3, 0.4) is 0 Å². The minimum absolute atomic E-state index is 0.132. The molecule has 1 aromatic rings. The molecule has 0 N–H and O–H groups in total. The largest absolute Gasteiger partial charge is 0.339 e. The van der Waals surface area contributed by atoms with E-state index in [9.17, 15) is 4.79 Å². The van der Waals surface area contributed by atoms with E-state index in [2.05, 4.69) is 54.0 Å². The summed E-state index contributed by atoms with van der Waals surface area (Å²) in [5.41, 5.74) is 2.42. The van der Waals surface area contributed by atoms with Crippen LogP contribution < -0.4 is 0 Å². The standard InChI is InChI=1S/C13H18BrNO/c1-10-4-6-12(7-5-10)11(2)15(3)13(16)8-9-14/h4-7,11H,8-9H2,1-3H3. The Bertz CT molecular complexity index is 347. The lowest BCUT2D eigenvalue weighted by Gasteiger charge is -2.25. The third-order valence-corrected chi connectivity index (χ3v) is 3.24. The number of amides is 1. The van der Waals surface area contributed by atoms with Crippen molar-refractivity contribution < 1.29 is 4.79 Å². The van der Waals surface area contributed by atoms with Gasteiger partial charge in [0.1, 0.15) is 0 Å². The van der Waals surface area contributed by atoms with Gasteiger partial charge in [-0.2, -0.15) is 0 Å². The van der Waals surface area contributed by atoms with Gasteiger partial charge in [0.2, 0.25) is 5.91 Å². The first-order valence-electron chi connectivity index (χ1n) is 5.44. The summed E-state index contributed by atoms with van der Waals surface area (Å²) in [5.74, 6) is 0.171. The summed E-state index contributed by atoms with van der Waals surface area (Å²) in [6.45, 7) is 4.12. The minimum atomic E-state index is 0.132. The van der Waals surface area contributed by atoms with Crippen molar-refractivity contribution in [3.05, 3.63) is 35.4 Å². The molecule has 16 heavy (non-hydrogen) atoms. The highest BCUT2D eigenvalue weighted by molar-refractivity contribution is 9.09. The van der Waals surface area contributed by atoms with Gasteiger partial charge in [0, 0.05) is 18.8 Å². The van der Waals surface area contributed by atoms with Crippen LogP contribution in [0.5, 0.6) is 0 Å². The van der Waals surface area contributed by atoms with Crippen LogP contribution in [-0.4, -0.2) is 23.2 Å². The number of alkyl halides is 1. The number of halogens is 1. The number of rotatable bonds is 4. The maximum atomic E-state index is 11.7. The average molecular weight is 284 g/mol. The first kappa shape index (κ1) is 13.2. The highest BCUT2D eigenvalue weighted by Crippen LogP contribution is 2.19. The molecular formula is C13H18BrNO. The Hall–Kier alpha value is -0.830. The highest BCUT2D eigenvalue weighted by Gasteiger charge is 2.16. The monoisotopic (exact) mass is 283 g/mol. The van der Waals surface area contributed by atoms with Crippen LogP contribution >= 0.6 is 15.9 Å². The van der Waals surface area contributed by atoms with Crippen molar-refractivity contribution in [1.29, 1.82) is 0 Å². The summed E-state index contributed by atoms with van der Waals surface area (Å²) in [4.78, 5) is 13.5.